The molecule has 2 aromatic rings. The molecule has 0 saturated carbocycles. The zero-order valence-corrected chi connectivity index (χ0v) is 12.5. The number of hydrogen-bond acceptors (Lipinski definition) is 4. The molecule has 0 fully saturated rings. The first kappa shape index (κ1) is 17.3. The Balaban J connectivity index is 1.83. The van der Waals surface area contributed by atoms with E-state index in [0.717, 1.165) is 22.7 Å². The van der Waals surface area contributed by atoms with Gasteiger partial charge in [0.1, 0.15) is 18.7 Å². The van der Waals surface area contributed by atoms with Crippen molar-refractivity contribution in [1.29, 1.82) is 0 Å². The van der Waals surface area contributed by atoms with Crippen LogP contribution in [0.4, 0.5) is 17.6 Å². The van der Waals surface area contributed by atoms with Crippen LogP contribution in [-0.2, 0) is 17.9 Å². The summed E-state index contributed by atoms with van der Waals surface area (Å²) in [6, 6.07) is 5.97. The Morgan fingerprint density at radius 1 is 1.30 bits per heavy atom. The average Bonchev–Trinajstić information content (AvgIpc) is 2.89. The summed E-state index contributed by atoms with van der Waals surface area (Å²) in [6.07, 6.45) is -3.45. The third-order valence-electron chi connectivity index (χ3n) is 2.70. The van der Waals surface area contributed by atoms with Crippen molar-refractivity contribution in [2.24, 2.45) is 0 Å². The lowest BCUT2D eigenvalue weighted by Crippen LogP contribution is -2.25. The second kappa shape index (κ2) is 7.44. The zero-order chi connectivity index (χ0) is 16.9. The normalized spacial score (nSPS) is 11.5. The van der Waals surface area contributed by atoms with Crippen LogP contribution >= 0.6 is 11.8 Å². The van der Waals surface area contributed by atoms with Crippen molar-refractivity contribution >= 4 is 17.7 Å². The summed E-state index contributed by atoms with van der Waals surface area (Å²) in [5.74, 6) is -1.03. The van der Waals surface area contributed by atoms with Crippen molar-refractivity contribution in [3.05, 3.63) is 42.0 Å². The first-order chi connectivity index (χ1) is 10.8. The van der Waals surface area contributed by atoms with Crippen molar-refractivity contribution in [3.8, 4) is 0 Å². The van der Waals surface area contributed by atoms with Gasteiger partial charge in [0.25, 0.3) is 0 Å². The van der Waals surface area contributed by atoms with Crippen LogP contribution in [0.1, 0.15) is 5.56 Å². The van der Waals surface area contributed by atoms with Gasteiger partial charge in [-0.05, 0) is 6.07 Å². The van der Waals surface area contributed by atoms with E-state index in [1.807, 2.05) is 0 Å². The van der Waals surface area contributed by atoms with Gasteiger partial charge in [-0.25, -0.2) is 4.39 Å². The molecule has 1 N–H and O–H groups in total. The zero-order valence-electron chi connectivity index (χ0n) is 11.7. The van der Waals surface area contributed by atoms with Gasteiger partial charge in [0, 0.05) is 12.1 Å². The van der Waals surface area contributed by atoms with Crippen molar-refractivity contribution in [2.45, 2.75) is 24.4 Å². The lowest BCUT2D eigenvalue weighted by molar-refractivity contribution is -0.142. The average molecular weight is 348 g/mol. The smallest absolute Gasteiger partial charge is 0.351 e. The van der Waals surface area contributed by atoms with E-state index in [4.69, 9.17) is 0 Å². The van der Waals surface area contributed by atoms with Gasteiger partial charge in [-0.15, -0.1) is 10.2 Å². The van der Waals surface area contributed by atoms with Crippen LogP contribution in [0.5, 0.6) is 0 Å². The van der Waals surface area contributed by atoms with Gasteiger partial charge < -0.3 is 5.32 Å². The van der Waals surface area contributed by atoms with Gasteiger partial charge in [-0.2, -0.15) is 13.2 Å². The molecular formula is C13H12F4N4OS. The first-order valence-electron chi connectivity index (χ1n) is 6.42. The molecule has 23 heavy (non-hydrogen) atoms. The molecule has 0 aliphatic heterocycles. The molecule has 1 aromatic heterocycles. The minimum atomic E-state index is -4.40. The van der Waals surface area contributed by atoms with Crippen molar-refractivity contribution in [1.82, 2.24) is 20.1 Å². The molecule has 0 atom stereocenters. The lowest BCUT2D eigenvalue weighted by Gasteiger charge is -2.09. The van der Waals surface area contributed by atoms with Crippen LogP contribution < -0.4 is 5.32 Å². The summed E-state index contributed by atoms with van der Waals surface area (Å²) in [5, 5.41) is 9.42. The van der Waals surface area contributed by atoms with E-state index >= 15 is 0 Å². The van der Waals surface area contributed by atoms with Crippen molar-refractivity contribution in [3.63, 3.8) is 0 Å². The minimum Gasteiger partial charge on any atom is -0.351 e. The highest BCUT2D eigenvalue weighted by molar-refractivity contribution is 7.99. The fourth-order valence-corrected chi connectivity index (χ4v) is 2.42. The van der Waals surface area contributed by atoms with E-state index in [9.17, 15) is 22.4 Å². The van der Waals surface area contributed by atoms with E-state index in [0.29, 0.717) is 5.56 Å². The molecule has 0 bridgehead atoms. The number of carbonyl (C=O) groups is 1. The molecule has 10 heteroatoms. The van der Waals surface area contributed by atoms with Crippen LogP contribution in [-0.4, -0.2) is 32.6 Å². The van der Waals surface area contributed by atoms with Crippen LogP contribution in [0.3, 0.4) is 0 Å². The molecule has 0 unspecified atom stereocenters. The van der Waals surface area contributed by atoms with Gasteiger partial charge in [0.2, 0.25) is 5.91 Å². The van der Waals surface area contributed by atoms with E-state index in [1.165, 1.54) is 18.2 Å². The van der Waals surface area contributed by atoms with Crippen molar-refractivity contribution < 1.29 is 22.4 Å². The van der Waals surface area contributed by atoms with Gasteiger partial charge in [0.15, 0.2) is 5.16 Å². The maximum absolute atomic E-state index is 13.4. The summed E-state index contributed by atoms with van der Waals surface area (Å²) >= 11 is 0.825. The monoisotopic (exact) mass is 348 g/mol. The number of benzene rings is 1. The van der Waals surface area contributed by atoms with E-state index in [1.54, 1.807) is 6.07 Å². The number of aromatic nitrogens is 3. The Morgan fingerprint density at radius 2 is 2.04 bits per heavy atom. The molecule has 124 valence electrons. The highest BCUT2D eigenvalue weighted by Crippen LogP contribution is 2.21. The summed E-state index contributed by atoms with van der Waals surface area (Å²) < 4.78 is 51.2. The maximum atomic E-state index is 13.4. The minimum absolute atomic E-state index is 0.00130. The number of rotatable bonds is 6. The molecule has 5 nitrogen and oxygen atoms in total. The summed E-state index contributed by atoms with van der Waals surface area (Å²) in [4.78, 5) is 11.7. The number of halogens is 4. The number of thioether (sulfide) groups is 1. The topological polar surface area (TPSA) is 59.8 Å². The predicted octanol–water partition coefficient (Wildman–Crippen LogP) is 2.39. The SMILES string of the molecule is O=C(CSc1nncn1CC(F)(F)F)NCc1ccccc1F. The molecule has 1 amide bonds. The van der Waals surface area contributed by atoms with Crippen LogP contribution in [0.25, 0.3) is 0 Å². The molecule has 0 spiro atoms. The fourth-order valence-electron chi connectivity index (χ4n) is 1.67. The largest absolute Gasteiger partial charge is 0.406 e. The third kappa shape index (κ3) is 5.55. The van der Waals surface area contributed by atoms with Gasteiger partial charge in [0.05, 0.1) is 5.75 Å². The Labute approximate surface area is 133 Å². The molecule has 0 aliphatic rings. The number of alkyl halides is 3. The third-order valence-corrected chi connectivity index (χ3v) is 3.68. The van der Waals surface area contributed by atoms with Crippen LogP contribution in [0.15, 0.2) is 35.7 Å². The quantitative estimate of drug-likeness (QED) is 0.643. The fraction of sp³-hybridized carbons (Fsp3) is 0.308. The summed E-state index contributed by atoms with van der Waals surface area (Å²) in [7, 11) is 0. The molecular weight excluding hydrogens is 336 g/mol. The van der Waals surface area contributed by atoms with Gasteiger partial charge >= 0.3 is 6.18 Å². The van der Waals surface area contributed by atoms with Gasteiger partial charge in [-0.1, -0.05) is 30.0 Å². The van der Waals surface area contributed by atoms with Crippen LogP contribution in [0, 0.1) is 5.82 Å². The lowest BCUT2D eigenvalue weighted by atomic mass is 10.2. The second-order valence-electron chi connectivity index (χ2n) is 4.51. The Bertz CT molecular complexity index is 674. The number of nitrogens with one attached hydrogen (secondary N) is 1. The summed E-state index contributed by atoms with van der Waals surface area (Å²) in [5.41, 5.74) is 0.325. The highest BCUT2D eigenvalue weighted by Gasteiger charge is 2.29. The predicted molar refractivity (Wildman–Crippen MR) is 75.0 cm³/mol. The molecule has 1 heterocycles. The van der Waals surface area contributed by atoms with Gasteiger partial charge in [-0.3, -0.25) is 9.36 Å². The number of amides is 1. The molecule has 0 aliphatic carbocycles. The molecule has 2 rings (SSSR count). The number of carbonyl (C=O) groups excluding carboxylic acids is 1. The van der Waals surface area contributed by atoms with E-state index < -0.39 is 24.4 Å². The molecule has 0 radical (unpaired) electrons. The molecule has 0 saturated heterocycles. The Morgan fingerprint density at radius 3 is 2.74 bits per heavy atom. The van der Waals surface area contributed by atoms with Crippen molar-refractivity contribution in [2.75, 3.05) is 5.75 Å². The Hall–Kier alpha value is -2.10. The van der Waals surface area contributed by atoms with Crippen LogP contribution in [0.2, 0.25) is 0 Å². The number of hydrogen-bond donors (Lipinski definition) is 1. The maximum Gasteiger partial charge on any atom is 0.406 e. The highest BCUT2D eigenvalue weighted by atomic mass is 32.2. The number of nitrogens with zero attached hydrogens (tertiary/aromatic N) is 3. The first-order valence-corrected chi connectivity index (χ1v) is 7.41. The van der Waals surface area contributed by atoms with E-state index in [2.05, 4.69) is 15.5 Å². The van der Waals surface area contributed by atoms with E-state index in [-0.39, 0.29) is 17.5 Å². The second-order valence-corrected chi connectivity index (χ2v) is 5.46. The standard InChI is InChI=1S/C13H12F4N4OS/c14-10-4-2-1-3-9(10)5-18-11(22)6-23-12-20-19-8-21(12)7-13(15,16)17/h1-4,8H,5-7H2,(H,18,22). The molecule has 1 aromatic carbocycles. The summed E-state index contributed by atoms with van der Waals surface area (Å²) in [6.45, 7) is -1.22. The Kier molecular flexibility index (Phi) is 5.59.